The third kappa shape index (κ3) is 7.91. The van der Waals surface area contributed by atoms with Gasteiger partial charge >= 0.3 is 6.03 Å². The number of urea groups is 1. The molecule has 0 aliphatic carbocycles. The van der Waals surface area contributed by atoms with E-state index in [0.29, 0.717) is 0 Å². The second kappa shape index (κ2) is 11.8. The molecule has 0 aliphatic rings. The lowest BCUT2D eigenvalue weighted by atomic mass is 10.1. The Morgan fingerprint density at radius 3 is 2.13 bits per heavy atom. The lowest BCUT2D eigenvalue weighted by Crippen LogP contribution is -2.29. The van der Waals surface area contributed by atoms with Gasteiger partial charge in [0.2, 0.25) is 0 Å². The maximum absolute atomic E-state index is 11.8. The van der Waals surface area contributed by atoms with Gasteiger partial charge in [0.15, 0.2) is 0 Å². The van der Waals surface area contributed by atoms with E-state index in [4.69, 9.17) is 0 Å². The molecule has 0 unspecified atom stereocenters. The molecule has 0 aliphatic heterocycles. The first-order valence-corrected chi connectivity index (χ1v) is 9.11. The summed E-state index contributed by atoms with van der Waals surface area (Å²) in [7, 11) is 0. The van der Waals surface area contributed by atoms with Crippen molar-refractivity contribution in [2.24, 2.45) is 0 Å². The largest absolute Gasteiger partial charge is 0.372 e. The molecule has 0 fully saturated rings. The number of carbonyl (C=O) groups is 1. The zero-order chi connectivity index (χ0) is 16.9. The monoisotopic (exact) mass is 319 g/mol. The predicted molar refractivity (Wildman–Crippen MR) is 100 cm³/mol. The normalized spacial score (nSPS) is 10.4. The number of unbranched alkanes of at least 4 members (excludes halogenated alkanes) is 5. The summed E-state index contributed by atoms with van der Waals surface area (Å²) in [5.41, 5.74) is 2.02. The molecule has 0 heterocycles. The van der Waals surface area contributed by atoms with Gasteiger partial charge in [0, 0.05) is 31.0 Å². The first-order valence-electron chi connectivity index (χ1n) is 9.11. The highest BCUT2D eigenvalue weighted by molar-refractivity contribution is 5.89. The number of benzene rings is 1. The number of rotatable bonds is 11. The zero-order valence-corrected chi connectivity index (χ0v) is 15.0. The fourth-order valence-electron chi connectivity index (χ4n) is 2.63. The molecular weight excluding hydrogens is 286 g/mol. The van der Waals surface area contributed by atoms with Crippen molar-refractivity contribution < 1.29 is 4.79 Å². The molecule has 2 N–H and O–H groups in total. The molecule has 0 atom stereocenters. The smallest absolute Gasteiger partial charge is 0.319 e. The third-order valence-electron chi connectivity index (χ3n) is 4.07. The first kappa shape index (κ1) is 19.3. The minimum Gasteiger partial charge on any atom is -0.372 e. The van der Waals surface area contributed by atoms with Gasteiger partial charge in [-0.15, -0.1) is 0 Å². The molecule has 1 rings (SSSR count). The van der Waals surface area contributed by atoms with Gasteiger partial charge in [0.1, 0.15) is 0 Å². The Balaban J connectivity index is 2.24. The molecule has 1 aromatic carbocycles. The van der Waals surface area contributed by atoms with Gasteiger partial charge in [-0.2, -0.15) is 0 Å². The van der Waals surface area contributed by atoms with Crippen LogP contribution < -0.4 is 15.5 Å². The highest BCUT2D eigenvalue weighted by atomic mass is 16.2. The highest BCUT2D eigenvalue weighted by Gasteiger charge is 2.03. The molecule has 1 aromatic rings. The van der Waals surface area contributed by atoms with Crippen LogP contribution in [0.1, 0.15) is 59.3 Å². The van der Waals surface area contributed by atoms with Gasteiger partial charge < -0.3 is 15.5 Å². The van der Waals surface area contributed by atoms with Gasteiger partial charge in [-0.25, -0.2) is 4.79 Å². The van der Waals surface area contributed by atoms with Crippen LogP contribution in [0.15, 0.2) is 24.3 Å². The summed E-state index contributed by atoms with van der Waals surface area (Å²) in [5, 5.41) is 5.81. The maximum atomic E-state index is 11.8. The van der Waals surface area contributed by atoms with Crippen LogP contribution >= 0.6 is 0 Å². The molecule has 0 bridgehead atoms. The van der Waals surface area contributed by atoms with Gasteiger partial charge in [-0.05, 0) is 44.5 Å². The molecule has 0 spiro atoms. The lowest BCUT2D eigenvalue weighted by molar-refractivity contribution is 0.252. The topological polar surface area (TPSA) is 44.4 Å². The number of amides is 2. The number of hydrogen-bond acceptors (Lipinski definition) is 2. The van der Waals surface area contributed by atoms with Crippen molar-refractivity contribution in [2.45, 2.75) is 59.3 Å². The average molecular weight is 319 g/mol. The number of anilines is 2. The maximum Gasteiger partial charge on any atom is 0.319 e. The predicted octanol–water partition coefficient (Wildman–Crippen LogP) is 5.01. The molecular formula is C19H33N3O. The Morgan fingerprint density at radius 2 is 1.52 bits per heavy atom. The van der Waals surface area contributed by atoms with E-state index >= 15 is 0 Å². The van der Waals surface area contributed by atoms with Crippen LogP contribution in [0.3, 0.4) is 0 Å². The Bertz CT molecular complexity index is 427. The summed E-state index contributed by atoms with van der Waals surface area (Å²) < 4.78 is 0. The standard InChI is InChI=1S/C19H33N3O/c1-4-7-8-9-10-11-16-20-19(23)21-17-12-14-18(15-13-17)22(5-2)6-3/h12-15H,4-11,16H2,1-3H3,(H2,20,21,23). The van der Waals surface area contributed by atoms with Crippen LogP contribution in [-0.2, 0) is 0 Å². The Labute approximate surface area is 141 Å². The van der Waals surface area contributed by atoms with Crippen LogP contribution in [0.4, 0.5) is 16.2 Å². The van der Waals surface area contributed by atoms with Crippen molar-refractivity contribution >= 4 is 17.4 Å². The summed E-state index contributed by atoms with van der Waals surface area (Å²) in [6.07, 6.45) is 7.41. The van der Waals surface area contributed by atoms with E-state index in [0.717, 1.165) is 31.7 Å². The van der Waals surface area contributed by atoms with Crippen LogP contribution in [0.25, 0.3) is 0 Å². The molecule has 0 radical (unpaired) electrons. The first-order chi connectivity index (χ1) is 11.2. The Hall–Kier alpha value is -1.71. The summed E-state index contributed by atoms with van der Waals surface area (Å²) in [5.74, 6) is 0. The van der Waals surface area contributed by atoms with Crippen molar-refractivity contribution in [1.29, 1.82) is 0 Å². The van der Waals surface area contributed by atoms with E-state index < -0.39 is 0 Å². The van der Waals surface area contributed by atoms with E-state index in [-0.39, 0.29) is 6.03 Å². The lowest BCUT2D eigenvalue weighted by Gasteiger charge is -2.21. The molecule has 4 heteroatoms. The molecule has 2 amide bonds. The van der Waals surface area contributed by atoms with Gasteiger partial charge in [0.05, 0.1) is 0 Å². The van der Waals surface area contributed by atoms with Crippen molar-refractivity contribution in [3.63, 3.8) is 0 Å². The van der Waals surface area contributed by atoms with Crippen molar-refractivity contribution in [1.82, 2.24) is 5.32 Å². The second-order valence-corrected chi connectivity index (χ2v) is 5.87. The summed E-state index contributed by atoms with van der Waals surface area (Å²) in [4.78, 5) is 14.1. The SMILES string of the molecule is CCCCCCCCNC(=O)Nc1ccc(N(CC)CC)cc1. The fraction of sp³-hybridized carbons (Fsp3) is 0.632. The van der Waals surface area contributed by atoms with Crippen LogP contribution in [0.2, 0.25) is 0 Å². The zero-order valence-electron chi connectivity index (χ0n) is 15.0. The van der Waals surface area contributed by atoms with E-state index in [1.165, 1.54) is 37.8 Å². The van der Waals surface area contributed by atoms with Crippen molar-refractivity contribution in [3.05, 3.63) is 24.3 Å². The minimum absolute atomic E-state index is 0.117. The summed E-state index contributed by atoms with van der Waals surface area (Å²) in [6, 6.07) is 7.90. The molecule has 4 nitrogen and oxygen atoms in total. The van der Waals surface area contributed by atoms with E-state index in [9.17, 15) is 4.79 Å². The highest BCUT2D eigenvalue weighted by Crippen LogP contribution is 2.17. The van der Waals surface area contributed by atoms with Crippen molar-refractivity contribution in [2.75, 3.05) is 29.9 Å². The number of hydrogen-bond donors (Lipinski definition) is 2. The minimum atomic E-state index is -0.117. The average Bonchev–Trinajstić information content (AvgIpc) is 2.56. The number of nitrogens with zero attached hydrogens (tertiary/aromatic N) is 1. The number of nitrogens with one attached hydrogen (secondary N) is 2. The van der Waals surface area contributed by atoms with E-state index in [1.807, 2.05) is 12.1 Å². The van der Waals surface area contributed by atoms with E-state index in [2.05, 4.69) is 48.4 Å². The quantitative estimate of drug-likeness (QED) is 0.563. The van der Waals surface area contributed by atoms with Crippen LogP contribution in [0, 0.1) is 0 Å². The van der Waals surface area contributed by atoms with Crippen LogP contribution in [-0.4, -0.2) is 25.7 Å². The molecule has 23 heavy (non-hydrogen) atoms. The molecule has 0 saturated heterocycles. The molecule has 0 aromatic heterocycles. The van der Waals surface area contributed by atoms with Crippen LogP contribution in [0.5, 0.6) is 0 Å². The number of carbonyl (C=O) groups excluding carboxylic acids is 1. The second-order valence-electron chi connectivity index (χ2n) is 5.87. The summed E-state index contributed by atoms with van der Waals surface area (Å²) >= 11 is 0. The Morgan fingerprint density at radius 1 is 0.913 bits per heavy atom. The third-order valence-corrected chi connectivity index (χ3v) is 4.07. The molecule has 0 saturated carbocycles. The molecule has 130 valence electrons. The Kier molecular flexibility index (Phi) is 9.92. The van der Waals surface area contributed by atoms with Crippen molar-refractivity contribution in [3.8, 4) is 0 Å². The van der Waals surface area contributed by atoms with Gasteiger partial charge in [0.25, 0.3) is 0 Å². The summed E-state index contributed by atoms with van der Waals surface area (Å²) in [6.45, 7) is 9.23. The fourth-order valence-corrected chi connectivity index (χ4v) is 2.63. The van der Waals surface area contributed by atoms with Gasteiger partial charge in [-0.1, -0.05) is 39.0 Å². The van der Waals surface area contributed by atoms with E-state index in [1.54, 1.807) is 0 Å². The van der Waals surface area contributed by atoms with Gasteiger partial charge in [-0.3, -0.25) is 0 Å².